The maximum absolute atomic E-state index is 13.3. The number of hydrogen-bond donors (Lipinski definition) is 12. The van der Waals surface area contributed by atoms with E-state index in [0.717, 1.165) is 70.6 Å². The Balaban J connectivity index is 1.36. The van der Waals surface area contributed by atoms with Crippen LogP contribution in [-0.2, 0) is 33.2 Å². The van der Waals surface area contributed by atoms with E-state index in [4.69, 9.17) is 28.4 Å². The van der Waals surface area contributed by atoms with Gasteiger partial charge in [0, 0.05) is 6.42 Å². The molecule has 12 N–H and O–H groups in total. The molecule has 0 bridgehead atoms. The fourth-order valence-electron chi connectivity index (χ4n) is 12.0. The number of amides is 1. The average Bonchev–Trinajstić information content (AvgIpc) is 2.40. The van der Waals surface area contributed by atoms with Crippen LogP contribution in [0.5, 0.6) is 0 Å². The minimum Gasteiger partial charge on any atom is -0.394 e. The second-order valence-corrected chi connectivity index (χ2v) is 25.0. The first kappa shape index (κ1) is 77.8. The second-order valence-electron chi connectivity index (χ2n) is 25.0. The molecule has 85 heavy (non-hydrogen) atoms. The molecular formula is C66H125NO18. The van der Waals surface area contributed by atoms with E-state index in [1.54, 1.807) is 0 Å². The molecule has 3 heterocycles. The van der Waals surface area contributed by atoms with Gasteiger partial charge in [0.15, 0.2) is 18.9 Å². The van der Waals surface area contributed by atoms with E-state index >= 15 is 0 Å². The highest BCUT2D eigenvalue weighted by Crippen LogP contribution is 2.33. The van der Waals surface area contributed by atoms with Crippen LogP contribution in [0.25, 0.3) is 0 Å². The molecule has 3 rings (SSSR count). The maximum atomic E-state index is 13.3. The van der Waals surface area contributed by atoms with E-state index in [2.05, 4.69) is 31.3 Å². The summed E-state index contributed by atoms with van der Waals surface area (Å²) in [5, 5.41) is 120. The molecule has 0 saturated carbocycles. The van der Waals surface area contributed by atoms with Crippen molar-refractivity contribution in [3.8, 4) is 0 Å². The number of aliphatic hydroxyl groups excluding tert-OH is 11. The first-order chi connectivity index (χ1) is 41.3. The molecule has 3 aliphatic rings. The molecular weight excluding hydrogens is 1090 g/mol. The summed E-state index contributed by atoms with van der Waals surface area (Å²) in [6, 6.07) is -0.888. The molecule has 0 aromatic rings. The molecule has 0 radical (unpaired) electrons. The molecule has 0 aliphatic carbocycles. The van der Waals surface area contributed by atoms with Gasteiger partial charge in [-0.2, -0.15) is 0 Å². The van der Waals surface area contributed by atoms with Gasteiger partial charge in [-0.3, -0.25) is 4.79 Å². The minimum absolute atomic E-state index is 0.252. The monoisotopic (exact) mass is 1220 g/mol. The van der Waals surface area contributed by atoms with Crippen LogP contribution in [0.3, 0.4) is 0 Å². The van der Waals surface area contributed by atoms with Gasteiger partial charge in [-0.1, -0.05) is 244 Å². The van der Waals surface area contributed by atoms with Gasteiger partial charge in [0.1, 0.15) is 73.2 Å². The molecule has 19 heteroatoms. The lowest BCUT2D eigenvalue weighted by atomic mass is 9.96. The molecule has 0 aromatic carbocycles. The standard InChI is InChI=1S/C66H125NO18/c1-3-5-7-9-11-13-15-16-17-18-19-20-21-22-23-24-25-26-27-28-29-30-31-32-33-34-35-37-39-41-43-50(71)49(67-54(72)44-42-40-38-36-14-12-10-8-6-4-2)48-80-64-60(78)57(75)62(52(46-69)82-64)85-66-61(79)58(76)63(53(47-70)83-66)84-65-59(77)56(74)55(73)51(45-68)81-65/h8,10,49-53,55-66,68-71,73-79H,3-7,9,11-48H2,1-2H3,(H,67,72)/b10-8-. The molecule has 17 atom stereocenters. The summed E-state index contributed by atoms with van der Waals surface area (Å²) in [7, 11) is 0. The fourth-order valence-corrected chi connectivity index (χ4v) is 12.0. The van der Waals surface area contributed by atoms with Crippen molar-refractivity contribution < 1.29 is 89.4 Å². The Morgan fingerprint density at radius 3 is 1.19 bits per heavy atom. The van der Waals surface area contributed by atoms with E-state index in [0.29, 0.717) is 12.8 Å². The van der Waals surface area contributed by atoms with E-state index in [-0.39, 0.29) is 18.9 Å². The fraction of sp³-hybridized carbons (Fsp3) is 0.955. The van der Waals surface area contributed by atoms with Crippen molar-refractivity contribution >= 4 is 5.91 Å². The average molecular weight is 1220 g/mol. The Hall–Kier alpha value is -1.47. The molecule has 0 aromatic heterocycles. The van der Waals surface area contributed by atoms with Crippen molar-refractivity contribution in [2.75, 3.05) is 26.4 Å². The topological polar surface area (TPSA) is 307 Å². The van der Waals surface area contributed by atoms with Gasteiger partial charge in [-0.05, 0) is 32.1 Å². The summed E-state index contributed by atoms with van der Waals surface area (Å²) in [6.07, 6.45) is 26.2. The summed E-state index contributed by atoms with van der Waals surface area (Å²) < 4.78 is 34.3. The van der Waals surface area contributed by atoms with Crippen LogP contribution in [0.15, 0.2) is 12.2 Å². The number of unbranched alkanes of at least 4 members (excludes halogenated alkanes) is 35. The summed E-state index contributed by atoms with van der Waals surface area (Å²) in [5.74, 6) is -0.252. The van der Waals surface area contributed by atoms with Crippen molar-refractivity contribution in [3.63, 3.8) is 0 Å². The van der Waals surface area contributed by atoms with Crippen molar-refractivity contribution in [1.29, 1.82) is 0 Å². The zero-order valence-corrected chi connectivity index (χ0v) is 52.9. The third-order valence-corrected chi connectivity index (χ3v) is 17.6. The number of carbonyl (C=O) groups excluding carboxylic acids is 1. The van der Waals surface area contributed by atoms with E-state index < -0.39 is 124 Å². The van der Waals surface area contributed by atoms with Gasteiger partial charge >= 0.3 is 0 Å². The number of nitrogens with one attached hydrogen (secondary N) is 1. The van der Waals surface area contributed by atoms with Gasteiger partial charge in [-0.15, -0.1) is 0 Å². The Morgan fingerprint density at radius 2 is 0.765 bits per heavy atom. The van der Waals surface area contributed by atoms with Crippen molar-refractivity contribution in [3.05, 3.63) is 12.2 Å². The van der Waals surface area contributed by atoms with Crippen molar-refractivity contribution in [2.45, 2.75) is 375 Å². The number of hydrogen-bond acceptors (Lipinski definition) is 18. The van der Waals surface area contributed by atoms with Crippen LogP contribution < -0.4 is 5.32 Å². The smallest absolute Gasteiger partial charge is 0.220 e. The third-order valence-electron chi connectivity index (χ3n) is 17.6. The van der Waals surface area contributed by atoms with Crippen molar-refractivity contribution in [1.82, 2.24) is 5.32 Å². The highest BCUT2D eigenvalue weighted by molar-refractivity contribution is 5.76. The second kappa shape index (κ2) is 49.3. The zero-order chi connectivity index (χ0) is 61.9. The molecule has 0 spiro atoms. The summed E-state index contributed by atoms with van der Waals surface area (Å²) in [5.41, 5.74) is 0. The van der Waals surface area contributed by atoms with E-state index in [9.17, 15) is 61.0 Å². The van der Waals surface area contributed by atoms with Gasteiger partial charge in [-0.25, -0.2) is 0 Å². The van der Waals surface area contributed by atoms with Gasteiger partial charge < -0.3 is 89.9 Å². The molecule has 17 unspecified atom stereocenters. The lowest BCUT2D eigenvalue weighted by molar-refractivity contribution is -0.379. The molecule has 3 saturated heterocycles. The van der Waals surface area contributed by atoms with Gasteiger partial charge in [0.05, 0.1) is 38.6 Å². The van der Waals surface area contributed by atoms with Gasteiger partial charge in [0.2, 0.25) is 5.91 Å². The molecule has 3 fully saturated rings. The van der Waals surface area contributed by atoms with Crippen LogP contribution in [0, 0.1) is 0 Å². The Morgan fingerprint density at radius 1 is 0.412 bits per heavy atom. The molecule has 19 nitrogen and oxygen atoms in total. The first-order valence-corrected chi connectivity index (χ1v) is 34.4. The number of carbonyl (C=O) groups is 1. The van der Waals surface area contributed by atoms with Crippen molar-refractivity contribution in [2.24, 2.45) is 0 Å². The molecule has 3 aliphatic heterocycles. The van der Waals surface area contributed by atoms with E-state index in [1.807, 2.05) is 0 Å². The predicted octanol–water partition coefficient (Wildman–Crippen LogP) is 8.50. The minimum atomic E-state index is -1.97. The quantitative estimate of drug-likeness (QED) is 0.0201. The number of rotatable bonds is 53. The number of ether oxygens (including phenoxy) is 6. The lowest BCUT2D eigenvalue weighted by Gasteiger charge is -2.48. The normalized spacial score (nSPS) is 29.0. The Labute approximate surface area is 512 Å². The van der Waals surface area contributed by atoms with Crippen LogP contribution in [0.1, 0.15) is 271 Å². The number of allylic oxidation sites excluding steroid dienone is 2. The highest BCUT2D eigenvalue weighted by atomic mass is 16.8. The van der Waals surface area contributed by atoms with Crippen LogP contribution in [0.2, 0.25) is 0 Å². The Bertz CT molecular complexity index is 1600. The predicted molar refractivity (Wildman–Crippen MR) is 328 cm³/mol. The lowest BCUT2D eigenvalue weighted by Crippen LogP contribution is -2.66. The summed E-state index contributed by atoms with van der Waals surface area (Å²) in [4.78, 5) is 13.3. The first-order valence-electron chi connectivity index (χ1n) is 34.4. The van der Waals surface area contributed by atoms with Gasteiger partial charge in [0.25, 0.3) is 0 Å². The molecule has 1 amide bonds. The van der Waals surface area contributed by atoms with E-state index in [1.165, 1.54) is 167 Å². The summed E-state index contributed by atoms with van der Waals surface area (Å²) in [6.45, 7) is 1.74. The zero-order valence-electron chi connectivity index (χ0n) is 52.9. The largest absolute Gasteiger partial charge is 0.394 e. The highest BCUT2D eigenvalue weighted by Gasteiger charge is 2.53. The number of aliphatic hydroxyl groups is 11. The van der Waals surface area contributed by atoms with Crippen LogP contribution in [0.4, 0.5) is 0 Å². The van der Waals surface area contributed by atoms with Crippen LogP contribution in [-0.4, -0.2) is 193 Å². The Kier molecular flexibility index (Phi) is 45.1. The maximum Gasteiger partial charge on any atom is 0.220 e. The summed E-state index contributed by atoms with van der Waals surface area (Å²) >= 11 is 0. The molecule has 502 valence electrons. The third kappa shape index (κ3) is 31.9. The van der Waals surface area contributed by atoms with Crippen LogP contribution >= 0.6 is 0 Å². The SMILES string of the molecule is CCC/C=C\CCCCCCCC(=O)NC(COC1OC(CO)C(OC2OC(CO)C(OC3OC(CO)C(O)C(O)C3O)C(O)C2O)C(O)C1O)C(O)CCCCCCCCCCCCCCCCCCCCCCCCCCCCCCCC.